The van der Waals surface area contributed by atoms with Crippen LogP contribution in [0, 0.1) is 0 Å². The number of hydrogen-bond acceptors (Lipinski definition) is 0. The molecule has 0 aliphatic heterocycles. The topological polar surface area (TPSA) is 0 Å². The summed E-state index contributed by atoms with van der Waals surface area (Å²) in [7, 11) is 0. The minimum atomic E-state index is 0.414. The maximum absolute atomic E-state index is 4.97. The van der Waals surface area contributed by atoms with Crippen LogP contribution in [0.25, 0.3) is 0 Å². The van der Waals surface area contributed by atoms with Gasteiger partial charge in [0, 0.05) is 5.25 Å². The van der Waals surface area contributed by atoms with Crippen molar-refractivity contribution in [2.24, 2.45) is 0 Å². The normalized spacial score (nSPS) is 13.4. The Hall–Kier alpha value is 0.0900. The predicted octanol–water partition coefficient (Wildman–Crippen LogP) is 2.54. The summed E-state index contributed by atoms with van der Waals surface area (Å²) in [5, 5.41) is 0.414. The summed E-state index contributed by atoms with van der Waals surface area (Å²) >= 11 is 4.97. The van der Waals surface area contributed by atoms with Gasteiger partial charge in [-0.25, -0.2) is 0 Å². The lowest BCUT2D eigenvalue weighted by molar-refractivity contribution is 0.843. The smallest absolute Gasteiger partial charge is 0.0183 e. The van der Waals surface area contributed by atoms with Crippen LogP contribution in [0.15, 0.2) is 12.7 Å². The zero-order valence-corrected chi connectivity index (χ0v) is 5.50. The highest BCUT2D eigenvalue weighted by atomic mass is 32.1. The Morgan fingerprint density at radius 2 is 2.43 bits per heavy atom. The second-order valence-corrected chi connectivity index (χ2v) is 2.22. The monoisotopic (exact) mass is 115 g/mol. The van der Waals surface area contributed by atoms with Crippen molar-refractivity contribution in [1.29, 1.82) is 0 Å². The summed E-state index contributed by atoms with van der Waals surface area (Å²) in [6.07, 6.45) is 3.94. The molecule has 0 aromatic rings. The van der Waals surface area contributed by atoms with Gasteiger partial charge in [0.2, 0.25) is 0 Å². The van der Waals surface area contributed by atoms with E-state index in [4.69, 9.17) is 12.6 Å². The molecule has 0 saturated carbocycles. The summed E-state index contributed by atoms with van der Waals surface area (Å²) in [6, 6.07) is 0. The minimum Gasteiger partial charge on any atom is -0.103 e. The van der Waals surface area contributed by atoms with Gasteiger partial charge in [0.25, 0.3) is 0 Å². The fraction of sp³-hybridized carbons (Fsp3) is 0.667. The Balaban J connectivity index is 2.98. The molecular formula is C6H11S. The molecule has 0 aliphatic carbocycles. The summed E-state index contributed by atoms with van der Waals surface area (Å²) < 4.78 is 0. The van der Waals surface area contributed by atoms with Gasteiger partial charge in [-0.3, -0.25) is 0 Å². The zero-order valence-electron chi connectivity index (χ0n) is 4.68. The van der Waals surface area contributed by atoms with E-state index in [0.29, 0.717) is 5.25 Å². The van der Waals surface area contributed by atoms with E-state index in [-0.39, 0.29) is 0 Å². The summed E-state index contributed by atoms with van der Waals surface area (Å²) in [6.45, 7) is 5.68. The van der Waals surface area contributed by atoms with Gasteiger partial charge >= 0.3 is 0 Å². The van der Waals surface area contributed by atoms with E-state index in [1.54, 1.807) is 0 Å². The first kappa shape index (κ1) is 7.09. The van der Waals surface area contributed by atoms with Crippen molar-refractivity contribution in [3.05, 3.63) is 12.7 Å². The quantitative estimate of drug-likeness (QED) is 0.496. The third kappa shape index (κ3) is 3.93. The molecule has 0 spiro atoms. The maximum Gasteiger partial charge on any atom is 0.0183 e. The average molecular weight is 115 g/mol. The molecule has 0 aliphatic rings. The molecule has 41 valence electrons. The second-order valence-electron chi connectivity index (χ2n) is 1.55. The molecule has 0 bridgehead atoms. The van der Waals surface area contributed by atoms with Crippen LogP contribution in [0.1, 0.15) is 19.8 Å². The molecule has 0 aromatic heterocycles. The molecule has 1 heteroatoms. The molecule has 0 saturated heterocycles. The van der Waals surface area contributed by atoms with Crippen molar-refractivity contribution in [1.82, 2.24) is 0 Å². The highest BCUT2D eigenvalue weighted by Gasteiger charge is 1.93. The highest BCUT2D eigenvalue weighted by molar-refractivity contribution is 7.80. The van der Waals surface area contributed by atoms with E-state index in [1.165, 1.54) is 0 Å². The van der Waals surface area contributed by atoms with Crippen molar-refractivity contribution >= 4 is 12.6 Å². The maximum atomic E-state index is 4.97. The number of rotatable bonds is 3. The Morgan fingerprint density at radius 3 is 2.57 bits per heavy atom. The van der Waals surface area contributed by atoms with Gasteiger partial charge in [-0.05, 0) is 12.8 Å². The molecule has 0 rings (SSSR count). The zero-order chi connectivity index (χ0) is 5.70. The summed E-state index contributed by atoms with van der Waals surface area (Å²) in [5.74, 6) is 0. The first-order valence-corrected chi connectivity index (χ1v) is 3.05. The van der Waals surface area contributed by atoms with Gasteiger partial charge in [0.15, 0.2) is 0 Å². The van der Waals surface area contributed by atoms with Crippen molar-refractivity contribution < 1.29 is 0 Å². The van der Waals surface area contributed by atoms with Gasteiger partial charge in [0.1, 0.15) is 0 Å². The second kappa shape index (κ2) is 4.25. The van der Waals surface area contributed by atoms with Crippen LogP contribution in [0.5, 0.6) is 0 Å². The van der Waals surface area contributed by atoms with Crippen LogP contribution in [-0.2, 0) is 0 Å². The highest BCUT2D eigenvalue weighted by Crippen LogP contribution is 2.04. The Bertz CT molecular complexity index is 50.1. The van der Waals surface area contributed by atoms with Crippen LogP contribution >= 0.6 is 12.6 Å². The lowest BCUT2D eigenvalue weighted by Gasteiger charge is -1.97. The van der Waals surface area contributed by atoms with E-state index in [2.05, 4.69) is 13.5 Å². The van der Waals surface area contributed by atoms with Crippen molar-refractivity contribution in [3.8, 4) is 0 Å². The molecule has 0 nitrogen and oxygen atoms in total. The third-order valence-electron chi connectivity index (χ3n) is 0.885. The van der Waals surface area contributed by atoms with E-state index < -0.39 is 0 Å². The molecule has 0 amide bonds. The number of hydrogen-bond donors (Lipinski definition) is 0. The van der Waals surface area contributed by atoms with Crippen molar-refractivity contribution in [3.63, 3.8) is 0 Å². The standard InChI is InChI=1S/C6H11S/c1-3-5-6(7)4-2/h3,6H,1,4-5H2,2H3. The third-order valence-corrected chi connectivity index (χ3v) is 1.41. The van der Waals surface area contributed by atoms with Crippen LogP contribution in [0.2, 0.25) is 0 Å². The first-order valence-electron chi connectivity index (χ1n) is 2.58. The molecule has 1 unspecified atom stereocenters. The van der Waals surface area contributed by atoms with Crippen molar-refractivity contribution in [2.75, 3.05) is 0 Å². The average Bonchev–Trinajstić information content (AvgIpc) is 1.68. The largest absolute Gasteiger partial charge is 0.103 e. The van der Waals surface area contributed by atoms with Crippen LogP contribution in [0.3, 0.4) is 0 Å². The van der Waals surface area contributed by atoms with Crippen LogP contribution in [0.4, 0.5) is 0 Å². The minimum absolute atomic E-state index is 0.414. The molecule has 0 fully saturated rings. The Morgan fingerprint density at radius 1 is 1.86 bits per heavy atom. The number of allylic oxidation sites excluding steroid dienone is 1. The first-order chi connectivity index (χ1) is 3.31. The Kier molecular flexibility index (Phi) is 4.31. The van der Waals surface area contributed by atoms with Crippen LogP contribution in [-0.4, -0.2) is 5.25 Å². The molecule has 0 aromatic carbocycles. The molecular weight excluding hydrogens is 104 g/mol. The van der Waals surface area contributed by atoms with Crippen LogP contribution < -0.4 is 0 Å². The summed E-state index contributed by atoms with van der Waals surface area (Å²) in [4.78, 5) is 0. The molecule has 1 radical (unpaired) electrons. The van der Waals surface area contributed by atoms with Gasteiger partial charge < -0.3 is 0 Å². The molecule has 7 heavy (non-hydrogen) atoms. The van der Waals surface area contributed by atoms with Gasteiger partial charge in [0.05, 0.1) is 0 Å². The van der Waals surface area contributed by atoms with Gasteiger partial charge in [-0.15, -0.1) is 6.58 Å². The lowest BCUT2D eigenvalue weighted by atomic mass is 10.2. The SMILES string of the molecule is C=CCC([S])CC. The van der Waals surface area contributed by atoms with Gasteiger partial charge in [-0.1, -0.05) is 25.6 Å². The van der Waals surface area contributed by atoms with E-state index in [9.17, 15) is 0 Å². The molecule has 0 heterocycles. The lowest BCUT2D eigenvalue weighted by Crippen LogP contribution is -1.90. The summed E-state index contributed by atoms with van der Waals surface area (Å²) in [5.41, 5.74) is 0. The van der Waals surface area contributed by atoms with Gasteiger partial charge in [-0.2, -0.15) is 0 Å². The van der Waals surface area contributed by atoms with E-state index >= 15 is 0 Å². The molecule has 0 N–H and O–H groups in total. The van der Waals surface area contributed by atoms with E-state index in [0.717, 1.165) is 12.8 Å². The Labute approximate surface area is 51.0 Å². The molecule has 1 atom stereocenters. The van der Waals surface area contributed by atoms with E-state index in [1.807, 2.05) is 6.08 Å². The predicted molar refractivity (Wildman–Crippen MR) is 36.5 cm³/mol. The fourth-order valence-corrected chi connectivity index (χ4v) is 0.489. The van der Waals surface area contributed by atoms with Crippen molar-refractivity contribution in [2.45, 2.75) is 25.0 Å². The fourth-order valence-electron chi connectivity index (χ4n) is 0.353.